The Morgan fingerprint density at radius 1 is 1.00 bits per heavy atom. The van der Waals surface area contributed by atoms with Crippen molar-refractivity contribution in [2.45, 2.75) is 148 Å². The normalized spacial score (nSPS) is 37.5. The number of nitrogens with zero attached hydrogens (tertiary/aromatic N) is 3. The predicted molar refractivity (Wildman–Crippen MR) is 217 cm³/mol. The highest BCUT2D eigenvalue weighted by Crippen LogP contribution is 2.39. The third-order valence-corrected chi connectivity index (χ3v) is 11.9. The molecule has 0 bridgehead atoms. The average molecular weight is 814 g/mol. The molecule has 1 aromatic heterocycles. The largest absolute Gasteiger partial charge is 0.461 e. The molecule has 2 aromatic rings. The molecule has 4 N–H and O–H groups in total. The van der Waals surface area contributed by atoms with E-state index in [2.05, 4.69) is 10.1 Å². The van der Waals surface area contributed by atoms with Crippen LogP contribution in [0.5, 0.6) is 0 Å². The smallest absolute Gasteiger partial charge is 0.312 e. The zero-order valence-electron chi connectivity index (χ0n) is 35.9. The number of rotatable bonds is 11. The summed E-state index contributed by atoms with van der Waals surface area (Å²) in [6, 6.07) is 14.6. The van der Waals surface area contributed by atoms with Crippen molar-refractivity contribution in [2.24, 2.45) is 28.8 Å². The van der Waals surface area contributed by atoms with Crippen LogP contribution in [0.25, 0.3) is 0 Å². The predicted octanol–water partition coefficient (Wildman–Crippen LogP) is 4.10. The van der Waals surface area contributed by atoms with Crippen LogP contribution in [0.1, 0.15) is 85.9 Å². The number of cyclic esters (lactones) is 1. The molecule has 0 saturated carbocycles. The number of carbonyl (C=O) groups excluding carboxylic acids is 2. The first-order chi connectivity index (χ1) is 27.3. The maximum Gasteiger partial charge on any atom is 0.312 e. The fourth-order valence-corrected chi connectivity index (χ4v) is 8.56. The molecule has 14 nitrogen and oxygen atoms in total. The maximum absolute atomic E-state index is 14.2. The molecule has 0 radical (unpaired) electrons. The van der Waals surface area contributed by atoms with E-state index < -0.39 is 83.6 Å². The minimum Gasteiger partial charge on any atom is -0.461 e. The Labute approximate surface area is 343 Å². The van der Waals surface area contributed by atoms with Gasteiger partial charge in [0.15, 0.2) is 6.29 Å². The number of oxime groups is 1. The summed E-state index contributed by atoms with van der Waals surface area (Å²) in [6.45, 7) is 13.6. The maximum atomic E-state index is 14.2. The standard InChI is InChI=1S/C44H67N3O11/c1-11-34-44(8,53)39(50)28(4)36(46-54-22-20-31-17-13-12-14-18-31)26(2)25-43(7,52)40(58-42-37(49)33(47(9)10)23-27(3)55-42)29(5)38(30(6)41(51)56-34)57-35(48)24-32-19-15-16-21-45-32/h12-19,21,26-30,33-34,37-40,42,49-50,52-53H,11,20,22-25H2,1-10H3/b46-36+/t26-,27+,28+,29-,30+,33-,34-,37+,38-,39+,40+,42-,43-,44+/m0/s1. The molecule has 0 aliphatic carbocycles. The van der Waals surface area contributed by atoms with E-state index in [1.54, 1.807) is 59.0 Å². The van der Waals surface area contributed by atoms with Crippen molar-refractivity contribution >= 4 is 17.7 Å². The summed E-state index contributed by atoms with van der Waals surface area (Å²) in [5.74, 6) is -4.98. The summed E-state index contributed by atoms with van der Waals surface area (Å²) in [5.41, 5.74) is -1.88. The molecule has 14 atom stereocenters. The number of esters is 2. The highest BCUT2D eigenvalue weighted by molar-refractivity contribution is 5.88. The average Bonchev–Trinajstić information content (AvgIpc) is 3.17. The molecule has 0 unspecified atom stereocenters. The fourth-order valence-electron chi connectivity index (χ4n) is 8.56. The van der Waals surface area contributed by atoms with Crippen LogP contribution >= 0.6 is 0 Å². The molecule has 3 heterocycles. The number of hydrogen-bond acceptors (Lipinski definition) is 14. The van der Waals surface area contributed by atoms with Crippen LogP contribution in [0, 0.1) is 23.7 Å². The molecule has 2 aliphatic heterocycles. The van der Waals surface area contributed by atoms with Crippen molar-refractivity contribution in [2.75, 3.05) is 20.7 Å². The van der Waals surface area contributed by atoms with Crippen molar-refractivity contribution in [3.05, 3.63) is 66.0 Å². The first-order valence-corrected chi connectivity index (χ1v) is 20.6. The van der Waals surface area contributed by atoms with Gasteiger partial charge in [0.25, 0.3) is 0 Å². The monoisotopic (exact) mass is 813 g/mol. The molecule has 0 spiro atoms. The Bertz CT molecular complexity index is 1620. The third kappa shape index (κ3) is 11.8. The number of carbonyl (C=O) groups is 2. The van der Waals surface area contributed by atoms with Crippen LogP contribution in [0.2, 0.25) is 0 Å². The first kappa shape index (κ1) is 47.2. The lowest BCUT2D eigenvalue weighted by Gasteiger charge is -2.47. The zero-order chi connectivity index (χ0) is 42.9. The number of aliphatic hydroxyl groups excluding tert-OH is 2. The lowest BCUT2D eigenvalue weighted by molar-refractivity contribution is -0.299. The fraction of sp³-hybridized carbons (Fsp3) is 0.682. The highest BCUT2D eigenvalue weighted by atomic mass is 16.7. The number of aromatic nitrogens is 1. The van der Waals surface area contributed by atoms with Gasteiger partial charge in [0, 0.05) is 36.4 Å². The van der Waals surface area contributed by atoms with Gasteiger partial charge in [-0.05, 0) is 78.7 Å². The first-order valence-electron chi connectivity index (χ1n) is 20.6. The quantitative estimate of drug-likeness (QED) is 0.144. The summed E-state index contributed by atoms with van der Waals surface area (Å²) in [5, 5.41) is 52.7. The van der Waals surface area contributed by atoms with Gasteiger partial charge in [-0.25, -0.2) is 0 Å². The van der Waals surface area contributed by atoms with Gasteiger partial charge in [-0.2, -0.15) is 0 Å². The second kappa shape index (κ2) is 20.7. The van der Waals surface area contributed by atoms with Gasteiger partial charge in [-0.3, -0.25) is 14.6 Å². The molecule has 4 rings (SSSR count). The molecule has 1 aromatic carbocycles. The van der Waals surface area contributed by atoms with Gasteiger partial charge in [0.05, 0.1) is 47.7 Å². The molecule has 2 saturated heterocycles. The van der Waals surface area contributed by atoms with E-state index in [0.717, 1.165) is 5.56 Å². The lowest BCUT2D eigenvalue weighted by Crippen LogP contribution is -2.60. The summed E-state index contributed by atoms with van der Waals surface area (Å²) in [4.78, 5) is 39.8. The molecular weight excluding hydrogens is 746 g/mol. The molecule has 14 heteroatoms. The van der Waals surface area contributed by atoms with Crippen molar-refractivity contribution < 1.29 is 53.8 Å². The van der Waals surface area contributed by atoms with Crippen LogP contribution in [-0.4, -0.2) is 129 Å². The number of pyridine rings is 1. The van der Waals surface area contributed by atoms with Crippen LogP contribution in [0.15, 0.2) is 59.9 Å². The van der Waals surface area contributed by atoms with E-state index in [1.165, 1.54) is 6.92 Å². The van der Waals surface area contributed by atoms with E-state index in [-0.39, 0.29) is 38.0 Å². The Balaban J connectivity index is 1.82. The third-order valence-electron chi connectivity index (χ3n) is 11.9. The van der Waals surface area contributed by atoms with Crippen LogP contribution in [0.3, 0.4) is 0 Å². The van der Waals surface area contributed by atoms with Gasteiger partial charge in [0.2, 0.25) is 0 Å². The van der Waals surface area contributed by atoms with Crippen molar-refractivity contribution in [1.82, 2.24) is 9.88 Å². The molecule has 0 amide bonds. The number of benzene rings is 1. The van der Waals surface area contributed by atoms with E-state index in [4.69, 9.17) is 23.8 Å². The summed E-state index contributed by atoms with van der Waals surface area (Å²) in [6.07, 6.45) is -5.20. The number of aliphatic hydroxyl groups is 4. The summed E-state index contributed by atoms with van der Waals surface area (Å²) in [7, 11) is 3.71. The summed E-state index contributed by atoms with van der Waals surface area (Å²) < 4.78 is 25.0. The van der Waals surface area contributed by atoms with E-state index in [9.17, 15) is 30.0 Å². The zero-order valence-corrected chi connectivity index (χ0v) is 35.9. The van der Waals surface area contributed by atoms with E-state index in [0.29, 0.717) is 24.2 Å². The molecule has 2 fully saturated rings. The molecule has 324 valence electrons. The Morgan fingerprint density at radius 2 is 1.67 bits per heavy atom. The lowest BCUT2D eigenvalue weighted by atomic mass is 9.73. The minimum atomic E-state index is -1.96. The number of hydrogen-bond donors (Lipinski definition) is 4. The van der Waals surface area contributed by atoms with Gasteiger partial charge >= 0.3 is 11.9 Å². The Kier molecular flexibility index (Phi) is 16.8. The van der Waals surface area contributed by atoms with Crippen LogP contribution in [-0.2, 0) is 46.2 Å². The molecule has 2 aliphatic rings. The van der Waals surface area contributed by atoms with Crippen LogP contribution in [0.4, 0.5) is 0 Å². The SMILES string of the molecule is CC[C@@H]1OC(=O)[C@H](C)[C@@H](OC(=O)Cc2ccccn2)[C@H](C)[C@@H](O[C@@H]2O[C@H](C)C[C@H](N(C)C)[C@H]2O)[C@@](C)(O)C[C@H](C)/C(=N\OCCc2ccccc2)[C@@H](C)[C@@H](O)[C@]1(C)O. The van der Waals surface area contributed by atoms with Gasteiger partial charge in [-0.15, -0.1) is 0 Å². The Morgan fingerprint density at radius 3 is 2.29 bits per heavy atom. The topological polar surface area (TPSA) is 190 Å². The minimum absolute atomic E-state index is 0.0256. The van der Waals surface area contributed by atoms with Gasteiger partial charge < -0.3 is 49.1 Å². The van der Waals surface area contributed by atoms with Gasteiger partial charge in [0.1, 0.15) is 30.5 Å². The number of likely N-dealkylation sites (N-methyl/N-ethyl adjacent to an activating group) is 1. The summed E-state index contributed by atoms with van der Waals surface area (Å²) >= 11 is 0. The Hall–Kier alpha value is -3.50. The molecular formula is C44H67N3O11. The van der Waals surface area contributed by atoms with E-state index >= 15 is 0 Å². The van der Waals surface area contributed by atoms with Crippen LogP contribution < -0.4 is 0 Å². The van der Waals surface area contributed by atoms with Gasteiger partial charge in [-0.1, -0.05) is 69.2 Å². The van der Waals surface area contributed by atoms with Crippen molar-refractivity contribution in [1.29, 1.82) is 0 Å². The highest BCUT2D eigenvalue weighted by Gasteiger charge is 2.52. The second-order valence-corrected chi connectivity index (χ2v) is 17.1. The van der Waals surface area contributed by atoms with Crippen molar-refractivity contribution in [3.8, 4) is 0 Å². The second-order valence-electron chi connectivity index (χ2n) is 17.1. The number of ether oxygens (including phenoxy) is 4. The van der Waals surface area contributed by atoms with E-state index in [1.807, 2.05) is 63.2 Å². The van der Waals surface area contributed by atoms with Crippen molar-refractivity contribution in [3.63, 3.8) is 0 Å². The molecule has 58 heavy (non-hydrogen) atoms.